The Morgan fingerprint density at radius 1 is 1.00 bits per heavy atom. The van der Waals surface area contributed by atoms with E-state index < -0.39 is 0 Å². The number of thioether (sulfide) groups is 1. The lowest BCUT2D eigenvalue weighted by atomic mass is 10.2. The number of carbonyl (C=O) groups is 1. The van der Waals surface area contributed by atoms with Gasteiger partial charge in [0.15, 0.2) is 0 Å². The molecule has 0 aliphatic carbocycles. The minimum Gasteiger partial charge on any atom is -0.495 e. The molecule has 3 aromatic carbocycles. The van der Waals surface area contributed by atoms with Gasteiger partial charge in [0.25, 0.3) is 0 Å². The maximum atomic E-state index is 13.0. The standard InChI is InChI=1S/C23H22N2O3S/c1-27-21-13-6-5-12-20(21)24-23(26)25-14-15-29-22(25)17-8-7-11-19(16-17)28-18-9-3-2-4-10-18/h2-13,16,22H,14-15H2,1H3,(H,24,26)/t22-/m1/s1. The first-order valence-electron chi connectivity index (χ1n) is 9.40. The van der Waals surface area contributed by atoms with Crippen LogP contribution in [0.15, 0.2) is 78.9 Å². The lowest BCUT2D eigenvalue weighted by molar-refractivity contribution is 0.214. The molecule has 0 saturated carbocycles. The van der Waals surface area contributed by atoms with Crippen LogP contribution in [-0.4, -0.2) is 30.3 Å². The number of methoxy groups -OCH3 is 1. The molecule has 0 radical (unpaired) electrons. The smallest absolute Gasteiger partial charge is 0.323 e. The number of nitrogens with zero attached hydrogens (tertiary/aromatic N) is 1. The molecule has 6 heteroatoms. The molecule has 4 rings (SSSR count). The van der Waals surface area contributed by atoms with Crippen molar-refractivity contribution >= 4 is 23.5 Å². The van der Waals surface area contributed by atoms with Crippen molar-refractivity contribution in [2.45, 2.75) is 5.37 Å². The normalized spacial score (nSPS) is 15.8. The highest BCUT2D eigenvalue weighted by Crippen LogP contribution is 2.40. The van der Waals surface area contributed by atoms with Gasteiger partial charge in [0, 0.05) is 12.3 Å². The summed E-state index contributed by atoms with van der Waals surface area (Å²) in [5.41, 5.74) is 1.70. The van der Waals surface area contributed by atoms with Crippen molar-refractivity contribution in [3.63, 3.8) is 0 Å². The Labute approximate surface area is 174 Å². The molecule has 0 spiro atoms. The number of ether oxygens (including phenoxy) is 2. The first-order chi connectivity index (χ1) is 14.2. The molecule has 0 aromatic heterocycles. The van der Waals surface area contributed by atoms with E-state index in [1.807, 2.05) is 83.8 Å². The second-order valence-electron chi connectivity index (χ2n) is 6.53. The summed E-state index contributed by atoms with van der Waals surface area (Å²) in [6.45, 7) is 0.681. The molecule has 1 aliphatic heterocycles. The van der Waals surface area contributed by atoms with Crippen LogP contribution in [0.4, 0.5) is 10.5 Å². The molecule has 1 heterocycles. The summed E-state index contributed by atoms with van der Waals surface area (Å²) < 4.78 is 11.3. The monoisotopic (exact) mass is 406 g/mol. The second-order valence-corrected chi connectivity index (χ2v) is 7.72. The van der Waals surface area contributed by atoms with Gasteiger partial charge >= 0.3 is 6.03 Å². The second kappa shape index (κ2) is 8.92. The number of nitrogens with one attached hydrogen (secondary N) is 1. The van der Waals surface area contributed by atoms with Crippen LogP contribution in [-0.2, 0) is 0 Å². The van der Waals surface area contributed by atoms with Crippen molar-refractivity contribution in [3.05, 3.63) is 84.4 Å². The van der Waals surface area contributed by atoms with Gasteiger partial charge in [0.05, 0.1) is 12.8 Å². The van der Waals surface area contributed by atoms with Crippen LogP contribution in [0, 0.1) is 0 Å². The zero-order valence-corrected chi connectivity index (χ0v) is 16.9. The van der Waals surface area contributed by atoms with E-state index in [4.69, 9.17) is 9.47 Å². The topological polar surface area (TPSA) is 50.8 Å². The SMILES string of the molecule is COc1ccccc1NC(=O)N1CCS[C@@H]1c1cccc(Oc2ccccc2)c1. The van der Waals surface area contributed by atoms with Gasteiger partial charge in [-0.1, -0.05) is 42.5 Å². The maximum absolute atomic E-state index is 13.0. The Hall–Kier alpha value is -3.12. The molecule has 1 saturated heterocycles. The molecular weight excluding hydrogens is 384 g/mol. The van der Waals surface area contributed by atoms with E-state index in [9.17, 15) is 4.79 Å². The molecule has 148 valence electrons. The number of hydrogen-bond donors (Lipinski definition) is 1. The van der Waals surface area contributed by atoms with Crippen LogP contribution in [0.3, 0.4) is 0 Å². The summed E-state index contributed by atoms with van der Waals surface area (Å²) >= 11 is 1.75. The van der Waals surface area contributed by atoms with Gasteiger partial charge in [0.1, 0.15) is 22.6 Å². The number of rotatable bonds is 5. The van der Waals surface area contributed by atoms with Crippen LogP contribution in [0.5, 0.6) is 17.2 Å². The van der Waals surface area contributed by atoms with E-state index in [1.54, 1.807) is 18.9 Å². The first-order valence-corrected chi connectivity index (χ1v) is 10.4. The fourth-order valence-corrected chi connectivity index (χ4v) is 4.49. The quantitative estimate of drug-likeness (QED) is 0.585. The molecule has 1 aliphatic rings. The summed E-state index contributed by atoms with van der Waals surface area (Å²) in [5.74, 6) is 3.07. The Bertz CT molecular complexity index is 981. The van der Waals surface area contributed by atoms with Crippen molar-refractivity contribution in [1.29, 1.82) is 0 Å². The van der Waals surface area contributed by atoms with Crippen LogP contribution < -0.4 is 14.8 Å². The van der Waals surface area contributed by atoms with Gasteiger partial charge in [-0.3, -0.25) is 0 Å². The van der Waals surface area contributed by atoms with Gasteiger partial charge in [-0.25, -0.2) is 4.79 Å². The third-order valence-corrected chi connectivity index (χ3v) is 5.88. The number of carbonyl (C=O) groups excluding carboxylic acids is 1. The Kier molecular flexibility index (Phi) is 5.91. The van der Waals surface area contributed by atoms with E-state index in [0.29, 0.717) is 18.0 Å². The molecule has 0 unspecified atom stereocenters. The molecule has 3 aromatic rings. The largest absolute Gasteiger partial charge is 0.495 e. The average molecular weight is 407 g/mol. The van der Waals surface area contributed by atoms with Gasteiger partial charge in [-0.05, 0) is 42.0 Å². The Morgan fingerprint density at radius 2 is 1.76 bits per heavy atom. The number of benzene rings is 3. The zero-order chi connectivity index (χ0) is 20.1. The highest BCUT2D eigenvalue weighted by atomic mass is 32.2. The van der Waals surface area contributed by atoms with E-state index >= 15 is 0 Å². The summed E-state index contributed by atoms with van der Waals surface area (Å²) in [6.07, 6.45) is 0. The highest BCUT2D eigenvalue weighted by Gasteiger charge is 2.31. The van der Waals surface area contributed by atoms with Crippen LogP contribution in [0.2, 0.25) is 0 Å². The minimum atomic E-state index is -0.140. The third kappa shape index (κ3) is 4.49. The molecule has 1 atom stereocenters. The first kappa shape index (κ1) is 19.2. The van der Waals surface area contributed by atoms with Crippen LogP contribution in [0.25, 0.3) is 0 Å². The number of hydrogen-bond acceptors (Lipinski definition) is 4. The maximum Gasteiger partial charge on any atom is 0.323 e. The zero-order valence-electron chi connectivity index (χ0n) is 16.1. The molecular formula is C23H22N2O3S. The van der Waals surface area contributed by atoms with E-state index in [2.05, 4.69) is 5.32 Å². The van der Waals surface area contributed by atoms with Gasteiger partial charge in [-0.15, -0.1) is 11.8 Å². The molecule has 1 fully saturated rings. The number of para-hydroxylation sites is 3. The molecule has 1 N–H and O–H groups in total. The predicted molar refractivity (Wildman–Crippen MR) is 117 cm³/mol. The van der Waals surface area contributed by atoms with E-state index in [1.165, 1.54) is 0 Å². The fourth-order valence-electron chi connectivity index (χ4n) is 3.25. The lowest BCUT2D eigenvalue weighted by Crippen LogP contribution is -2.34. The minimum absolute atomic E-state index is 0.0657. The van der Waals surface area contributed by atoms with Crippen molar-refractivity contribution in [2.24, 2.45) is 0 Å². The average Bonchev–Trinajstić information content (AvgIpc) is 3.25. The number of urea groups is 1. The summed E-state index contributed by atoms with van der Waals surface area (Å²) in [6, 6.07) is 24.9. The summed E-state index contributed by atoms with van der Waals surface area (Å²) in [7, 11) is 1.59. The number of anilines is 1. The van der Waals surface area contributed by atoms with Crippen LogP contribution in [0.1, 0.15) is 10.9 Å². The van der Waals surface area contributed by atoms with Gasteiger partial charge in [0.2, 0.25) is 0 Å². The van der Waals surface area contributed by atoms with E-state index in [-0.39, 0.29) is 11.4 Å². The number of amides is 2. The van der Waals surface area contributed by atoms with Crippen molar-refractivity contribution in [1.82, 2.24) is 4.90 Å². The third-order valence-electron chi connectivity index (χ3n) is 4.62. The highest BCUT2D eigenvalue weighted by molar-refractivity contribution is 7.99. The van der Waals surface area contributed by atoms with Crippen molar-refractivity contribution < 1.29 is 14.3 Å². The van der Waals surface area contributed by atoms with Gasteiger partial charge < -0.3 is 19.7 Å². The molecule has 5 nitrogen and oxygen atoms in total. The van der Waals surface area contributed by atoms with E-state index in [0.717, 1.165) is 22.8 Å². The van der Waals surface area contributed by atoms with Crippen LogP contribution >= 0.6 is 11.8 Å². The fraction of sp³-hybridized carbons (Fsp3) is 0.174. The van der Waals surface area contributed by atoms with Crippen molar-refractivity contribution in [3.8, 4) is 17.2 Å². The summed E-state index contributed by atoms with van der Waals surface area (Å²) in [4.78, 5) is 14.8. The lowest BCUT2D eigenvalue weighted by Gasteiger charge is -2.25. The molecule has 29 heavy (non-hydrogen) atoms. The predicted octanol–water partition coefficient (Wildman–Crippen LogP) is 5.77. The summed E-state index contributed by atoms with van der Waals surface area (Å²) in [5, 5.41) is 2.91. The Morgan fingerprint density at radius 3 is 2.59 bits per heavy atom. The van der Waals surface area contributed by atoms with Gasteiger partial charge in [-0.2, -0.15) is 0 Å². The van der Waals surface area contributed by atoms with Crippen molar-refractivity contribution in [2.75, 3.05) is 24.7 Å². The Balaban J connectivity index is 1.51. The molecule has 2 amide bonds. The molecule has 0 bridgehead atoms.